The zero-order chi connectivity index (χ0) is 20.0. The number of carboxylic acid groups (broad SMARTS) is 1. The quantitative estimate of drug-likeness (QED) is 0.747. The van der Waals surface area contributed by atoms with Crippen LogP contribution in [0.5, 0.6) is 0 Å². The number of nitrogens with zero attached hydrogens (tertiary/aromatic N) is 1. The fraction of sp³-hybridized carbons (Fsp3) is 0.381. The second-order valence-electron chi connectivity index (χ2n) is 6.89. The Morgan fingerprint density at radius 1 is 1.07 bits per heavy atom. The molecule has 144 valence electrons. The number of nitrogens with one attached hydrogen (secondary N) is 1. The van der Waals surface area contributed by atoms with Crippen LogP contribution in [-0.4, -0.2) is 46.9 Å². The molecule has 2 rings (SSSR count). The first-order valence-corrected chi connectivity index (χ1v) is 9.09. The van der Waals surface area contributed by atoms with E-state index in [0.29, 0.717) is 0 Å². The van der Waals surface area contributed by atoms with Crippen LogP contribution in [0.15, 0.2) is 42.5 Å². The first-order chi connectivity index (χ1) is 12.8. The van der Waals surface area contributed by atoms with E-state index in [0.717, 1.165) is 16.3 Å². The van der Waals surface area contributed by atoms with E-state index in [-0.39, 0.29) is 37.2 Å². The summed E-state index contributed by atoms with van der Waals surface area (Å²) in [7, 11) is 0. The molecule has 1 unspecified atom stereocenters. The molecule has 0 aliphatic rings. The first-order valence-electron chi connectivity index (χ1n) is 9.09. The molecule has 1 atom stereocenters. The minimum atomic E-state index is -1.07. The summed E-state index contributed by atoms with van der Waals surface area (Å²) in [5.41, 5.74) is 0.860. The highest BCUT2D eigenvalue weighted by Gasteiger charge is 2.28. The number of benzene rings is 2. The minimum absolute atomic E-state index is 0.152. The van der Waals surface area contributed by atoms with Crippen LogP contribution in [-0.2, 0) is 20.8 Å². The lowest BCUT2D eigenvalue weighted by Crippen LogP contribution is -2.52. The number of carbonyl (C=O) groups is 3. The summed E-state index contributed by atoms with van der Waals surface area (Å²) in [6, 6.07) is 13.0. The molecule has 0 fully saturated rings. The van der Waals surface area contributed by atoms with Gasteiger partial charge in [0, 0.05) is 6.54 Å². The molecular weight excluding hydrogens is 344 g/mol. The molecule has 2 N–H and O–H groups in total. The Morgan fingerprint density at radius 3 is 2.33 bits per heavy atom. The van der Waals surface area contributed by atoms with Crippen molar-refractivity contribution in [3.8, 4) is 0 Å². The lowest BCUT2D eigenvalue weighted by atomic mass is 10.0. The van der Waals surface area contributed by atoms with Gasteiger partial charge in [-0.25, -0.2) is 0 Å². The molecule has 0 heterocycles. The van der Waals surface area contributed by atoms with Crippen LogP contribution in [0.1, 0.15) is 26.3 Å². The van der Waals surface area contributed by atoms with Gasteiger partial charge in [0.1, 0.15) is 12.6 Å². The molecule has 0 saturated carbocycles. The van der Waals surface area contributed by atoms with E-state index < -0.39 is 12.0 Å². The Labute approximate surface area is 159 Å². The first kappa shape index (κ1) is 20.4. The third-order valence-electron chi connectivity index (χ3n) is 4.45. The van der Waals surface area contributed by atoms with Crippen molar-refractivity contribution in [2.45, 2.75) is 33.2 Å². The zero-order valence-corrected chi connectivity index (χ0v) is 15.9. The molecule has 6 nitrogen and oxygen atoms in total. The second kappa shape index (κ2) is 9.16. The molecule has 0 radical (unpaired) electrons. The van der Waals surface area contributed by atoms with Crippen LogP contribution >= 0.6 is 0 Å². The van der Waals surface area contributed by atoms with Gasteiger partial charge < -0.3 is 15.3 Å². The highest BCUT2D eigenvalue weighted by atomic mass is 16.4. The van der Waals surface area contributed by atoms with Crippen LogP contribution < -0.4 is 5.32 Å². The zero-order valence-electron chi connectivity index (χ0n) is 15.9. The highest BCUT2D eigenvalue weighted by molar-refractivity contribution is 5.91. The lowest BCUT2D eigenvalue weighted by molar-refractivity contribution is -0.146. The smallest absolute Gasteiger partial charge is 0.323 e. The van der Waals surface area contributed by atoms with Crippen LogP contribution in [0.4, 0.5) is 0 Å². The second-order valence-corrected chi connectivity index (χ2v) is 6.89. The van der Waals surface area contributed by atoms with Crippen molar-refractivity contribution in [1.29, 1.82) is 0 Å². The van der Waals surface area contributed by atoms with Crippen molar-refractivity contribution < 1.29 is 19.5 Å². The number of carboxylic acids is 1. The van der Waals surface area contributed by atoms with Crippen molar-refractivity contribution in [1.82, 2.24) is 10.2 Å². The van der Waals surface area contributed by atoms with Gasteiger partial charge in [0.05, 0.1) is 6.42 Å². The normalized spacial score (nSPS) is 12.0. The molecule has 0 aromatic heterocycles. The number of fused-ring (bicyclic) bond motifs is 1. The molecule has 2 aromatic carbocycles. The Balaban J connectivity index is 2.09. The number of likely N-dealkylation sites (N-methyl/N-ethyl adjacent to an activating group) is 1. The molecule has 0 aliphatic carbocycles. The van der Waals surface area contributed by atoms with E-state index in [4.69, 9.17) is 5.11 Å². The van der Waals surface area contributed by atoms with Gasteiger partial charge >= 0.3 is 5.97 Å². The van der Waals surface area contributed by atoms with Crippen molar-refractivity contribution in [3.05, 3.63) is 48.0 Å². The summed E-state index contributed by atoms with van der Waals surface area (Å²) in [5.74, 6) is -1.86. The fourth-order valence-corrected chi connectivity index (χ4v) is 2.98. The average molecular weight is 370 g/mol. The number of hydrogen-bond acceptors (Lipinski definition) is 3. The van der Waals surface area contributed by atoms with Gasteiger partial charge in [0.15, 0.2) is 0 Å². The Kier molecular flexibility index (Phi) is 6.93. The maximum atomic E-state index is 12.7. The molecule has 0 saturated heterocycles. The van der Waals surface area contributed by atoms with Crippen molar-refractivity contribution >= 4 is 28.6 Å². The van der Waals surface area contributed by atoms with Crippen molar-refractivity contribution in [2.24, 2.45) is 5.92 Å². The van der Waals surface area contributed by atoms with Gasteiger partial charge in [-0.1, -0.05) is 56.3 Å². The third-order valence-corrected chi connectivity index (χ3v) is 4.45. The van der Waals surface area contributed by atoms with Crippen LogP contribution in [0.3, 0.4) is 0 Å². The minimum Gasteiger partial charge on any atom is -0.480 e. The molecular formula is C21H26N2O4. The summed E-state index contributed by atoms with van der Waals surface area (Å²) in [6.45, 7) is 5.27. The van der Waals surface area contributed by atoms with E-state index in [9.17, 15) is 14.4 Å². The third kappa shape index (κ3) is 5.54. The monoisotopic (exact) mass is 370 g/mol. The largest absolute Gasteiger partial charge is 0.480 e. The highest BCUT2D eigenvalue weighted by Crippen LogP contribution is 2.16. The maximum Gasteiger partial charge on any atom is 0.323 e. The van der Waals surface area contributed by atoms with Crippen LogP contribution in [0.25, 0.3) is 10.8 Å². The van der Waals surface area contributed by atoms with Crippen LogP contribution in [0, 0.1) is 5.92 Å². The average Bonchev–Trinajstić information content (AvgIpc) is 2.63. The predicted octanol–water partition coefficient (Wildman–Crippen LogP) is 2.46. The fourth-order valence-electron chi connectivity index (χ4n) is 2.98. The van der Waals surface area contributed by atoms with Crippen molar-refractivity contribution in [3.63, 3.8) is 0 Å². The molecule has 0 aliphatic heterocycles. The van der Waals surface area contributed by atoms with Crippen molar-refractivity contribution in [2.75, 3.05) is 13.1 Å². The van der Waals surface area contributed by atoms with E-state index in [1.807, 2.05) is 56.3 Å². The van der Waals surface area contributed by atoms with E-state index in [2.05, 4.69) is 5.32 Å². The Bertz CT molecular complexity index is 832. The number of amides is 2. The lowest BCUT2D eigenvalue weighted by Gasteiger charge is -2.28. The van der Waals surface area contributed by atoms with E-state index in [1.165, 1.54) is 4.90 Å². The van der Waals surface area contributed by atoms with E-state index in [1.54, 1.807) is 6.92 Å². The molecule has 27 heavy (non-hydrogen) atoms. The Morgan fingerprint density at radius 2 is 1.74 bits per heavy atom. The van der Waals surface area contributed by atoms with E-state index >= 15 is 0 Å². The SMILES string of the molecule is CCN(CC(=O)O)C(=O)C(NC(=O)Cc1ccc2ccccc2c1)C(C)C. The number of carbonyl (C=O) groups excluding carboxylic acids is 2. The van der Waals surface area contributed by atoms with Gasteiger partial charge in [0.2, 0.25) is 11.8 Å². The number of hydrogen-bond donors (Lipinski definition) is 2. The topological polar surface area (TPSA) is 86.7 Å². The predicted molar refractivity (Wildman–Crippen MR) is 104 cm³/mol. The van der Waals surface area contributed by atoms with Gasteiger partial charge in [-0.05, 0) is 29.2 Å². The molecule has 0 bridgehead atoms. The Hall–Kier alpha value is -2.89. The molecule has 0 spiro atoms. The van der Waals surface area contributed by atoms with Gasteiger partial charge in [-0.15, -0.1) is 0 Å². The molecule has 6 heteroatoms. The van der Waals surface area contributed by atoms with Crippen LogP contribution in [0.2, 0.25) is 0 Å². The maximum absolute atomic E-state index is 12.7. The number of aliphatic carboxylic acids is 1. The van der Waals surface area contributed by atoms with Gasteiger partial charge in [-0.2, -0.15) is 0 Å². The standard InChI is InChI=1S/C21H26N2O4/c1-4-23(13-19(25)26)21(27)20(14(2)3)22-18(24)12-15-9-10-16-7-5-6-8-17(16)11-15/h5-11,14,20H,4,12-13H2,1-3H3,(H,22,24)(H,25,26). The summed E-state index contributed by atoms with van der Waals surface area (Å²) in [5, 5.41) is 13.9. The summed E-state index contributed by atoms with van der Waals surface area (Å²) in [6.07, 6.45) is 0.159. The van der Waals surface area contributed by atoms with Gasteiger partial charge in [0.25, 0.3) is 0 Å². The van der Waals surface area contributed by atoms with Gasteiger partial charge in [-0.3, -0.25) is 14.4 Å². The summed E-state index contributed by atoms with van der Waals surface area (Å²) in [4.78, 5) is 37.4. The summed E-state index contributed by atoms with van der Waals surface area (Å²) < 4.78 is 0. The summed E-state index contributed by atoms with van der Waals surface area (Å²) >= 11 is 0. The molecule has 2 amide bonds. The molecule has 2 aromatic rings. The number of rotatable bonds is 8.